The number of aliphatic hydroxyl groups excluding tert-OH is 5. The van der Waals surface area contributed by atoms with Gasteiger partial charge in [-0.05, 0) is 89.9 Å². The molecule has 1 rings (SSSR count). The molecule has 1 saturated carbocycles. The van der Waals surface area contributed by atoms with Gasteiger partial charge in [-0.1, -0.05) is 137 Å². The lowest BCUT2D eigenvalue weighted by Gasteiger charge is -2.41. The molecule has 13 nitrogen and oxygen atoms in total. The molecule has 0 saturated heterocycles. The summed E-state index contributed by atoms with van der Waals surface area (Å²) < 4.78 is 33.4. The second-order valence-corrected chi connectivity index (χ2v) is 17.3. The third kappa shape index (κ3) is 30.7. The van der Waals surface area contributed by atoms with Crippen molar-refractivity contribution in [3.8, 4) is 0 Å². The molecule has 8 atom stereocenters. The molecule has 0 aromatic carbocycles. The second-order valence-electron chi connectivity index (χ2n) is 15.9. The van der Waals surface area contributed by atoms with E-state index in [1.54, 1.807) is 0 Å². The third-order valence-electron chi connectivity index (χ3n) is 10.2. The molecule has 1 aliphatic rings. The van der Waals surface area contributed by atoms with Crippen LogP contribution in [0.4, 0.5) is 0 Å². The Morgan fingerprint density at radius 2 is 0.873 bits per heavy atom. The van der Waals surface area contributed by atoms with E-state index < -0.39 is 75.7 Å². The summed E-state index contributed by atoms with van der Waals surface area (Å²) in [5, 5.41) is 50.2. The van der Waals surface area contributed by atoms with Crippen LogP contribution in [-0.2, 0) is 32.7 Å². The number of unbranched alkanes of at least 4 members (excludes halogenated alkanes) is 11. The first kappa shape index (κ1) is 58.0. The highest BCUT2D eigenvalue weighted by Gasteiger charge is 2.51. The average Bonchev–Trinajstić information content (AvgIpc) is 3.26. The van der Waals surface area contributed by atoms with Crippen molar-refractivity contribution in [1.29, 1.82) is 0 Å². The predicted molar refractivity (Wildman–Crippen MR) is 248 cm³/mol. The van der Waals surface area contributed by atoms with Gasteiger partial charge in [-0.15, -0.1) is 0 Å². The number of ether oxygens (including phenoxy) is 2. The molecule has 0 heterocycles. The van der Waals surface area contributed by atoms with Crippen molar-refractivity contribution in [2.24, 2.45) is 0 Å². The summed E-state index contributed by atoms with van der Waals surface area (Å²) in [5.41, 5.74) is 0. The van der Waals surface area contributed by atoms with Crippen LogP contribution < -0.4 is 0 Å². The standard InChI is InChI=1S/C49H81O13P/c1-3-5-7-9-11-13-15-17-19-21-23-25-27-29-31-33-35-37-42(50)59-39-41(40-60-63(57,58)62-49-47(55)45(53)44(52)46(54)48(49)56)61-43(51)38-36-34-32-30-28-26-24-22-20-18-16-14-12-10-8-6-4-2/h11-14,17-20,23-26,30,32,41,44-49,52-56H,3-10,15-16,21-22,27-29,31,33-40H2,1-2H3,(H,57,58)/b13-11+,14-12+,19-17+,20-18+,25-23+,26-24+,32-30+/t41-,44?,45-,46?,47?,48?,49?/m0/s1. The Kier molecular flexibility index (Phi) is 35.3. The number of rotatable bonds is 37. The molecule has 1 fully saturated rings. The maximum atomic E-state index is 12.8. The highest BCUT2D eigenvalue weighted by atomic mass is 31.2. The Morgan fingerprint density at radius 1 is 0.492 bits per heavy atom. The van der Waals surface area contributed by atoms with E-state index >= 15 is 0 Å². The lowest BCUT2D eigenvalue weighted by Crippen LogP contribution is -2.64. The van der Waals surface area contributed by atoms with Crippen LogP contribution in [0.2, 0.25) is 0 Å². The topological polar surface area (TPSA) is 210 Å². The fourth-order valence-corrected chi connectivity index (χ4v) is 7.37. The van der Waals surface area contributed by atoms with Crippen molar-refractivity contribution >= 4 is 19.8 Å². The summed E-state index contributed by atoms with van der Waals surface area (Å²) in [5.74, 6) is -1.20. The molecular formula is C49H81O13P. The second kappa shape index (κ2) is 38.3. The maximum absolute atomic E-state index is 12.8. The first-order valence-corrected chi connectivity index (χ1v) is 24.9. The largest absolute Gasteiger partial charge is 0.472 e. The van der Waals surface area contributed by atoms with Crippen LogP contribution in [0, 0.1) is 0 Å². The molecule has 0 spiro atoms. The average molecular weight is 909 g/mol. The third-order valence-corrected chi connectivity index (χ3v) is 11.2. The van der Waals surface area contributed by atoms with Crippen molar-refractivity contribution in [2.75, 3.05) is 13.2 Å². The van der Waals surface area contributed by atoms with Gasteiger partial charge in [-0.25, -0.2) is 4.57 Å². The number of esters is 2. The Labute approximate surface area is 378 Å². The zero-order valence-corrected chi connectivity index (χ0v) is 39.0. The van der Waals surface area contributed by atoms with Gasteiger partial charge in [0.1, 0.15) is 43.2 Å². The fourth-order valence-electron chi connectivity index (χ4n) is 6.40. The van der Waals surface area contributed by atoms with Gasteiger partial charge in [-0.2, -0.15) is 0 Å². The summed E-state index contributed by atoms with van der Waals surface area (Å²) in [4.78, 5) is 35.7. The normalized spacial score (nSPS) is 22.5. The SMILES string of the molecule is CCCCC/C=C/C/C=C/C/C=C/C/C=C/CCCC(=O)O[C@@H](COC(=O)CCCCCC/C=C/C/C=C/C/C=C/CCCCC)COP(=O)(O)OC1C(O)C(O)C(O)[C@H](O)C1O. The monoisotopic (exact) mass is 909 g/mol. The summed E-state index contributed by atoms with van der Waals surface area (Å²) in [6.45, 7) is 3.17. The van der Waals surface area contributed by atoms with Crippen molar-refractivity contribution in [2.45, 2.75) is 198 Å². The first-order valence-electron chi connectivity index (χ1n) is 23.4. The molecule has 0 aliphatic heterocycles. The number of hydrogen-bond acceptors (Lipinski definition) is 12. The molecular weight excluding hydrogens is 828 g/mol. The van der Waals surface area contributed by atoms with Crippen LogP contribution in [0.5, 0.6) is 0 Å². The zero-order valence-electron chi connectivity index (χ0n) is 38.1. The zero-order chi connectivity index (χ0) is 46.4. The molecule has 0 amide bonds. The van der Waals surface area contributed by atoms with Crippen LogP contribution in [0.1, 0.15) is 155 Å². The number of aliphatic hydroxyl groups is 5. The number of phosphoric acid groups is 1. The van der Waals surface area contributed by atoms with Crippen molar-refractivity contribution in [3.05, 3.63) is 85.1 Å². The van der Waals surface area contributed by atoms with Gasteiger partial charge in [-0.3, -0.25) is 18.6 Å². The van der Waals surface area contributed by atoms with Crippen LogP contribution in [0.15, 0.2) is 85.1 Å². The van der Waals surface area contributed by atoms with Gasteiger partial charge >= 0.3 is 19.8 Å². The van der Waals surface area contributed by atoms with E-state index in [0.717, 1.165) is 70.6 Å². The minimum atomic E-state index is -5.14. The van der Waals surface area contributed by atoms with Crippen LogP contribution in [-0.4, -0.2) is 98.3 Å². The Hall–Kier alpha value is -2.97. The van der Waals surface area contributed by atoms with Crippen molar-refractivity contribution < 1.29 is 63.1 Å². The summed E-state index contributed by atoms with van der Waals surface area (Å²) >= 11 is 0. The Balaban J connectivity index is 2.53. The quantitative estimate of drug-likeness (QED) is 0.0149. The number of carbonyl (C=O) groups is 2. The van der Waals surface area contributed by atoms with Gasteiger partial charge < -0.3 is 39.9 Å². The number of carbonyl (C=O) groups excluding carboxylic acids is 2. The fraction of sp³-hybridized carbons (Fsp3) is 0.673. The first-order chi connectivity index (χ1) is 30.4. The molecule has 6 unspecified atom stereocenters. The highest BCUT2D eigenvalue weighted by Crippen LogP contribution is 2.47. The van der Waals surface area contributed by atoms with Gasteiger partial charge in [0.2, 0.25) is 0 Å². The Morgan fingerprint density at radius 3 is 1.33 bits per heavy atom. The number of hydrogen-bond donors (Lipinski definition) is 6. The maximum Gasteiger partial charge on any atom is 0.472 e. The van der Waals surface area contributed by atoms with E-state index in [0.29, 0.717) is 19.3 Å². The van der Waals surface area contributed by atoms with E-state index in [9.17, 15) is 44.6 Å². The molecule has 0 aromatic heterocycles. The van der Waals surface area contributed by atoms with Crippen LogP contribution in [0.3, 0.4) is 0 Å². The Bertz CT molecular complexity index is 1420. The van der Waals surface area contributed by atoms with Crippen LogP contribution in [0.25, 0.3) is 0 Å². The number of phosphoric ester groups is 1. The summed E-state index contributed by atoms with van der Waals surface area (Å²) in [6, 6.07) is 0. The summed E-state index contributed by atoms with van der Waals surface area (Å²) in [6.07, 6.45) is 36.4. The van der Waals surface area contributed by atoms with E-state index in [-0.39, 0.29) is 12.8 Å². The van der Waals surface area contributed by atoms with E-state index in [4.69, 9.17) is 18.5 Å². The molecule has 6 N–H and O–H groups in total. The lowest BCUT2D eigenvalue weighted by atomic mass is 9.85. The van der Waals surface area contributed by atoms with E-state index in [1.807, 2.05) is 12.2 Å². The van der Waals surface area contributed by atoms with Crippen molar-refractivity contribution in [3.63, 3.8) is 0 Å². The van der Waals surface area contributed by atoms with Crippen molar-refractivity contribution in [1.82, 2.24) is 0 Å². The van der Waals surface area contributed by atoms with Gasteiger partial charge in [0.05, 0.1) is 6.61 Å². The smallest absolute Gasteiger partial charge is 0.462 e. The molecule has 0 aromatic rings. The lowest BCUT2D eigenvalue weighted by molar-refractivity contribution is -0.220. The predicted octanol–water partition coefficient (Wildman–Crippen LogP) is 9.28. The molecule has 0 radical (unpaired) electrons. The highest BCUT2D eigenvalue weighted by molar-refractivity contribution is 7.47. The van der Waals surface area contributed by atoms with Gasteiger partial charge in [0.25, 0.3) is 0 Å². The summed E-state index contributed by atoms with van der Waals surface area (Å²) in [7, 11) is -5.14. The minimum absolute atomic E-state index is 0.0110. The molecule has 360 valence electrons. The molecule has 1 aliphatic carbocycles. The van der Waals surface area contributed by atoms with E-state index in [2.05, 4.69) is 86.8 Å². The minimum Gasteiger partial charge on any atom is -0.462 e. The molecule has 0 bridgehead atoms. The van der Waals surface area contributed by atoms with Gasteiger partial charge in [0, 0.05) is 12.8 Å². The van der Waals surface area contributed by atoms with Gasteiger partial charge in [0.15, 0.2) is 6.10 Å². The van der Waals surface area contributed by atoms with Crippen LogP contribution >= 0.6 is 7.82 Å². The molecule has 14 heteroatoms. The number of allylic oxidation sites excluding steroid dienone is 14. The molecule has 63 heavy (non-hydrogen) atoms. The van der Waals surface area contributed by atoms with E-state index in [1.165, 1.54) is 38.5 Å².